The Morgan fingerprint density at radius 3 is 2.42 bits per heavy atom. The molecule has 0 saturated heterocycles. The van der Waals surface area contributed by atoms with E-state index in [0.29, 0.717) is 11.8 Å². The lowest BCUT2D eigenvalue weighted by molar-refractivity contribution is 0.451. The van der Waals surface area contributed by atoms with E-state index in [2.05, 4.69) is 43.2 Å². The van der Waals surface area contributed by atoms with Gasteiger partial charge in [0.2, 0.25) is 0 Å². The van der Waals surface area contributed by atoms with Gasteiger partial charge in [-0.25, -0.2) is 4.68 Å². The van der Waals surface area contributed by atoms with Crippen molar-refractivity contribution in [2.24, 2.45) is 5.92 Å². The smallest absolute Gasteiger partial charge is 0.153 e. The predicted molar refractivity (Wildman–Crippen MR) is 46.7 cm³/mol. The Morgan fingerprint density at radius 1 is 1.25 bits per heavy atom. The van der Waals surface area contributed by atoms with Crippen LogP contribution in [-0.4, -0.2) is 20.2 Å². The highest BCUT2D eigenvalue weighted by molar-refractivity contribution is 4.88. The maximum Gasteiger partial charge on any atom is 0.153 e. The van der Waals surface area contributed by atoms with E-state index in [1.54, 1.807) is 0 Å². The van der Waals surface area contributed by atoms with Crippen molar-refractivity contribution in [1.82, 2.24) is 20.2 Å². The van der Waals surface area contributed by atoms with Gasteiger partial charge in [0.15, 0.2) is 5.82 Å². The van der Waals surface area contributed by atoms with Crippen LogP contribution in [0.25, 0.3) is 0 Å². The minimum Gasteiger partial charge on any atom is -0.229 e. The maximum absolute atomic E-state index is 3.97. The molecule has 0 bridgehead atoms. The molecule has 0 aliphatic carbocycles. The van der Waals surface area contributed by atoms with Crippen molar-refractivity contribution in [3.63, 3.8) is 0 Å². The largest absolute Gasteiger partial charge is 0.229 e. The molecule has 0 N–H and O–H groups in total. The summed E-state index contributed by atoms with van der Waals surface area (Å²) in [5, 5.41) is 11.6. The summed E-state index contributed by atoms with van der Waals surface area (Å²) in [7, 11) is 0. The monoisotopic (exact) mass is 168 g/mol. The van der Waals surface area contributed by atoms with Crippen LogP contribution in [-0.2, 0) is 6.54 Å². The summed E-state index contributed by atoms with van der Waals surface area (Å²) < 4.78 is 1.88. The van der Waals surface area contributed by atoms with E-state index in [0.717, 1.165) is 12.4 Å². The second-order valence-electron chi connectivity index (χ2n) is 3.77. The molecule has 1 aromatic heterocycles. The molecule has 68 valence electrons. The second kappa shape index (κ2) is 3.65. The van der Waals surface area contributed by atoms with E-state index in [9.17, 15) is 0 Å². The molecule has 1 aromatic rings. The fourth-order valence-corrected chi connectivity index (χ4v) is 1.10. The molecule has 0 atom stereocenters. The molecule has 4 heteroatoms. The summed E-state index contributed by atoms with van der Waals surface area (Å²) in [6, 6.07) is 0. The highest BCUT2D eigenvalue weighted by Gasteiger charge is 2.10. The average Bonchev–Trinajstić information content (AvgIpc) is 2.33. The molecule has 0 aliphatic heterocycles. The van der Waals surface area contributed by atoms with Crippen molar-refractivity contribution in [3.05, 3.63) is 5.82 Å². The molecule has 1 heterocycles. The molecule has 12 heavy (non-hydrogen) atoms. The molecular weight excluding hydrogens is 152 g/mol. The van der Waals surface area contributed by atoms with Gasteiger partial charge in [0.1, 0.15) is 0 Å². The van der Waals surface area contributed by atoms with Crippen LogP contribution < -0.4 is 0 Å². The van der Waals surface area contributed by atoms with Crippen LogP contribution in [0.3, 0.4) is 0 Å². The first kappa shape index (κ1) is 9.16. The summed E-state index contributed by atoms with van der Waals surface area (Å²) in [5.74, 6) is 1.97. The number of nitrogens with zero attached hydrogens (tertiary/aromatic N) is 4. The predicted octanol–water partition coefficient (Wildman–Crippen LogP) is 1.45. The van der Waals surface area contributed by atoms with E-state index < -0.39 is 0 Å². The Labute approximate surface area is 73.0 Å². The van der Waals surface area contributed by atoms with Gasteiger partial charge in [-0.2, -0.15) is 0 Å². The Balaban J connectivity index is 2.77. The van der Waals surface area contributed by atoms with Crippen molar-refractivity contribution in [3.8, 4) is 0 Å². The molecule has 0 aromatic carbocycles. The van der Waals surface area contributed by atoms with E-state index in [4.69, 9.17) is 0 Å². The highest BCUT2D eigenvalue weighted by atomic mass is 15.5. The summed E-state index contributed by atoms with van der Waals surface area (Å²) in [6.45, 7) is 9.42. The van der Waals surface area contributed by atoms with Crippen molar-refractivity contribution in [2.45, 2.75) is 40.2 Å². The third-order valence-electron chi connectivity index (χ3n) is 1.61. The molecule has 0 radical (unpaired) electrons. The van der Waals surface area contributed by atoms with Crippen LogP contribution in [0.5, 0.6) is 0 Å². The van der Waals surface area contributed by atoms with E-state index in [-0.39, 0.29) is 0 Å². The molecule has 0 spiro atoms. The molecule has 4 nitrogen and oxygen atoms in total. The lowest BCUT2D eigenvalue weighted by Gasteiger charge is -2.08. The number of rotatable bonds is 3. The van der Waals surface area contributed by atoms with Gasteiger partial charge in [-0.1, -0.05) is 27.7 Å². The summed E-state index contributed by atoms with van der Waals surface area (Å²) in [4.78, 5) is 0. The normalized spacial score (nSPS) is 11.5. The maximum atomic E-state index is 3.97. The minimum atomic E-state index is 0.402. The Morgan fingerprint density at radius 2 is 1.92 bits per heavy atom. The molecule has 0 amide bonds. The Bertz CT molecular complexity index is 239. The van der Waals surface area contributed by atoms with Gasteiger partial charge in [0, 0.05) is 12.5 Å². The number of aromatic nitrogens is 4. The second-order valence-corrected chi connectivity index (χ2v) is 3.77. The average molecular weight is 168 g/mol. The van der Waals surface area contributed by atoms with Gasteiger partial charge >= 0.3 is 0 Å². The third-order valence-corrected chi connectivity index (χ3v) is 1.61. The first-order chi connectivity index (χ1) is 5.61. The van der Waals surface area contributed by atoms with Crippen molar-refractivity contribution < 1.29 is 0 Å². The quantitative estimate of drug-likeness (QED) is 0.686. The van der Waals surface area contributed by atoms with E-state index in [1.807, 2.05) is 4.68 Å². The van der Waals surface area contributed by atoms with Gasteiger partial charge in [-0.3, -0.25) is 0 Å². The number of tetrazole rings is 1. The van der Waals surface area contributed by atoms with E-state index in [1.165, 1.54) is 0 Å². The summed E-state index contributed by atoms with van der Waals surface area (Å²) in [6.07, 6.45) is 0. The van der Waals surface area contributed by atoms with Crippen molar-refractivity contribution >= 4 is 0 Å². The highest BCUT2D eigenvalue weighted by Crippen LogP contribution is 2.10. The van der Waals surface area contributed by atoms with Crippen molar-refractivity contribution in [1.29, 1.82) is 0 Å². The van der Waals surface area contributed by atoms with Crippen LogP contribution in [0, 0.1) is 5.92 Å². The molecule has 1 rings (SSSR count). The first-order valence-electron chi connectivity index (χ1n) is 4.37. The topological polar surface area (TPSA) is 43.6 Å². The standard InChI is InChI=1S/C8H16N4/c1-6(2)5-12-8(7(3)4)9-10-11-12/h6-7H,5H2,1-4H3. The van der Waals surface area contributed by atoms with E-state index >= 15 is 0 Å². The van der Waals surface area contributed by atoms with Gasteiger partial charge in [-0.15, -0.1) is 5.10 Å². The first-order valence-corrected chi connectivity index (χ1v) is 4.37. The van der Waals surface area contributed by atoms with Crippen LogP contribution in [0.2, 0.25) is 0 Å². The van der Waals surface area contributed by atoms with Gasteiger partial charge in [0.05, 0.1) is 0 Å². The zero-order valence-electron chi connectivity index (χ0n) is 8.15. The third kappa shape index (κ3) is 2.03. The lowest BCUT2D eigenvalue weighted by Crippen LogP contribution is -2.11. The van der Waals surface area contributed by atoms with Gasteiger partial charge in [-0.05, 0) is 16.3 Å². The van der Waals surface area contributed by atoms with Crippen molar-refractivity contribution in [2.75, 3.05) is 0 Å². The van der Waals surface area contributed by atoms with Gasteiger partial charge < -0.3 is 0 Å². The minimum absolute atomic E-state index is 0.402. The molecule has 0 saturated carbocycles. The van der Waals surface area contributed by atoms with Crippen LogP contribution in [0.15, 0.2) is 0 Å². The Hall–Kier alpha value is -0.930. The molecule has 0 fully saturated rings. The van der Waals surface area contributed by atoms with Crippen LogP contribution >= 0.6 is 0 Å². The van der Waals surface area contributed by atoms with Crippen LogP contribution in [0.1, 0.15) is 39.4 Å². The molecule has 0 unspecified atom stereocenters. The summed E-state index contributed by atoms with van der Waals surface area (Å²) in [5.41, 5.74) is 0. The number of hydrogen-bond acceptors (Lipinski definition) is 3. The SMILES string of the molecule is CC(C)Cn1nnnc1C(C)C. The summed E-state index contributed by atoms with van der Waals surface area (Å²) >= 11 is 0. The fraction of sp³-hybridized carbons (Fsp3) is 0.875. The zero-order valence-corrected chi connectivity index (χ0v) is 8.15. The van der Waals surface area contributed by atoms with Crippen LogP contribution in [0.4, 0.5) is 0 Å². The number of hydrogen-bond donors (Lipinski definition) is 0. The zero-order chi connectivity index (χ0) is 9.14. The van der Waals surface area contributed by atoms with Gasteiger partial charge in [0.25, 0.3) is 0 Å². The molecular formula is C8H16N4. The lowest BCUT2D eigenvalue weighted by atomic mass is 10.2. The molecule has 0 aliphatic rings. The Kier molecular flexibility index (Phi) is 2.78. The fourth-order valence-electron chi connectivity index (χ4n) is 1.10.